The lowest BCUT2D eigenvalue weighted by Gasteiger charge is -2.13. The van der Waals surface area contributed by atoms with Crippen LogP contribution in [0.25, 0.3) is 0 Å². The van der Waals surface area contributed by atoms with Crippen LogP contribution in [0.1, 0.15) is 11.1 Å². The van der Waals surface area contributed by atoms with Crippen molar-refractivity contribution in [3.63, 3.8) is 0 Å². The number of aromatic nitrogens is 1. The van der Waals surface area contributed by atoms with Crippen molar-refractivity contribution in [1.82, 2.24) is 10.3 Å². The Labute approximate surface area is 136 Å². The lowest BCUT2D eigenvalue weighted by atomic mass is 10.2. The van der Waals surface area contributed by atoms with E-state index in [1.54, 1.807) is 31.5 Å². The van der Waals surface area contributed by atoms with Gasteiger partial charge in [-0.1, -0.05) is 0 Å². The lowest BCUT2D eigenvalue weighted by molar-refractivity contribution is -0.153. The van der Waals surface area contributed by atoms with E-state index in [1.807, 2.05) is 0 Å². The number of urea groups is 1. The molecule has 1 aromatic carbocycles. The first-order valence-electron chi connectivity index (χ1n) is 7.07. The molecule has 0 spiro atoms. The van der Waals surface area contributed by atoms with E-state index in [2.05, 4.69) is 15.6 Å². The highest BCUT2D eigenvalue weighted by Crippen LogP contribution is 2.24. The van der Waals surface area contributed by atoms with Crippen molar-refractivity contribution >= 4 is 11.7 Å². The molecule has 0 radical (unpaired) electrons. The van der Waals surface area contributed by atoms with Gasteiger partial charge in [-0.2, -0.15) is 13.2 Å². The van der Waals surface area contributed by atoms with E-state index in [4.69, 9.17) is 4.74 Å². The van der Waals surface area contributed by atoms with Crippen LogP contribution in [0.15, 0.2) is 42.7 Å². The first kappa shape index (κ1) is 17.6. The molecule has 0 unspecified atom stereocenters. The number of nitrogens with one attached hydrogen (secondary N) is 2. The number of halogens is 3. The van der Waals surface area contributed by atoms with Crippen LogP contribution in [-0.4, -0.2) is 23.8 Å². The summed E-state index contributed by atoms with van der Waals surface area (Å²) in [6, 6.07) is 7.53. The molecule has 2 rings (SSSR count). The number of alkyl halides is 3. The smallest absolute Gasteiger partial charge is 0.422 e. The fourth-order valence-electron chi connectivity index (χ4n) is 1.91. The fraction of sp³-hybridized carbons (Fsp3) is 0.250. The Morgan fingerprint density at radius 2 is 1.92 bits per heavy atom. The average molecular weight is 339 g/mol. The number of benzene rings is 1. The minimum absolute atomic E-state index is 0.120. The zero-order valence-corrected chi connectivity index (χ0v) is 12.9. The molecule has 5 nitrogen and oxygen atoms in total. The van der Waals surface area contributed by atoms with Crippen LogP contribution in [0.3, 0.4) is 0 Å². The highest BCUT2D eigenvalue weighted by molar-refractivity contribution is 5.89. The Bertz CT molecular complexity index is 691. The van der Waals surface area contributed by atoms with Crippen molar-refractivity contribution in [2.24, 2.45) is 0 Å². The predicted molar refractivity (Wildman–Crippen MR) is 82.8 cm³/mol. The van der Waals surface area contributed by atoms with Gasteiger partial charge in [0.05, 0.1) is 0 Å². The van der Waals surface area contributed by atoms with Crippen molar-refractivity contribution in [2.45, 2.75) is 19.6 Å². The van der Waals surface area contributed by atoms with Crippen LogP contribution in [0, 0.1) is 6.92 Å². The van der Waals surface area contributed by atoms with Crippen molar-refractivity contribution in [2.75, 3.05) is 11.9 Å². The van der Waals surface area contributed by atoms with Crippen LogP contribution in [-0.2, 0) is 6.54 Å². The summed E-state index contributed by atoms with van der Waals surface area (Å²) in [5.41, 5.74) is 1.84. The molecule has 2 aromatic rings. The largest absolute Gasteiger partial charge is 0.484 e. The minimum atomic E-state index is -4.39. The molecule has 2 N–H and O–H groups in total. The molecule has 0 aliphatic carbocycles. The Balaban J connectivity index is 1.88. The first-order chi connectivity index (χ1) is 11.3. The third-order valence-electron chi connectivity index (χ3n) is 3.03. The van der Waals surface area contributed by atoms with Gasteiger partial charge >= 0.3 is 12.2 Å². The molecule has 0 fully saturated rings. The number of hydrogen-bond donors (Lipinski definition) is 2. The molecule has 0 saturated heterocycles. The number of nitrogens with zero attached hydrogens (tertiary/aromatic N) is 1. The average Bonchev–Trinajstić information content (AvgIpc) is 2.52. The summed E-state index contributed by atoms with van der Waals surface area (Å²) in [6.45, 7) is 0.582. The van der Waals surface area contributed by atoms with Crippen molar-refractivity contribution in [1.29, 1.82) is 0 Å². The number of rotatable bonds is 5. The molecule has 2 amide bonds. The molecule has 0 aliphatic rings. The van der Waals surface area contributed by atoms with Gasteiger partial charge < -0.3 is 15.4 Å². The molecule has 24 heavy (non-hydrogen) atoms. The quantitative estimate of drug-likeness (QED) is 0.874. The molecule has 1 aromatic heterocycles. The second-order valence-electron chi connectivity index (χ2n) is 5.05. The number of hydrogen-bond acceptors (Lipinski definition) is 3. The van der Waals surface area contributed by atoms with Gasteiger partial charge in [-0.05, 0) is 48.4 Å². The SMILES string of the molecule is Cc1cc(NC(=O)NCc2ccncc2)ccc1OCC(F)(F)F. The van der Waals surface area contributed by atoms with Gasteiger partial charge in [-0.15, -0.1) is 0 Å². The summed E-state index contributed by atoms with van der Waals surface area (Å²) < 4.78 is 41.2. The van der Waals surface area contributed by atoms with Crippen molar-refractivity contribution < 1.29 is 22.7 Å². The number of pyridine rings is 1. The van der Waals surface area contributed by atoms with E-state index >= 15 is 0 Å². The van der Waals surface area contributed by atoms with Gasteiger partial charge in [0.25, 0.3) is 0 Å². The molecule has 0 atom stereocenters. The third kappa shape index (κ3) is 5.79. The summed E-state index contributed by atoms with van der Waals surface area (Å²) in [7, 11) is 0. The van der Waals surface area contributed by atoms with Gasteiger partial charge in [-0.3, -0.25) is 4.98 Å². The van der Waals surface area contributed by atoms with Crippen LogP contribution >= 0.6 is 0 Å². The number of aryl methyl sites for hydroxylation is 1. The minimum Gasteiger partial charge on any atom is -0.484 e. The lowest BCUT2D eigenvalue weighted by Crippen LogP contribution is -2.28. The zero-order valence-electron chi connectivity index (χ0n) is 12.9. The first-order valence-corrected chi connectivity index (χ1v) is 7.07. The highest BCUT2D eigenvalue weighted by atomic mass is 19.4. The van der Waals surface area contributed by atoms with Gasteiger partial charge in [0.15, 0.2) is 6.61 Å². The van der Waals surface area contributed by atoms with Crippen LogP contribution in [0.4, 0.5) is 23.7 Å². The normalized spacial score (nSPS) is 11.0. The maximum Gasteiger partial charge on any atom is 0.422 e. The number of carbonyl (C=O) groups is 1. The maximum atomic E-state index is 12.2. The molecule has 0 saturated carbocycles. The van der Waals surface area contributed by atoms with E-state index in [9.17, 15) is 18.0 Å². The maximum absolute atomic E-state index is 12.2. The van der Waals surface area contributed by atoms with Crippen LogP contribution in [0.2, 0.25) is 0 Å². The third-order valence-corrected chi connectivity index (χ3v) is 3.03. The standard InChI is InChI=1S/C16H16F3N3O2/c1-11-8-13(2-3-14(11)24-10-16(17,18)19)22-15(23)21-9-12-4-6-20-7-5-12/h2-8H,9-10H2,1H3,(H2,21,22,23). The van der Waals surface area contributed by atoms with Crippen molar-refractivity contribution in [3.8, 4) is 5.75 Å². The second-order valence-corrected chi connectivity index (χ2v) is 5.05. The van der Waals surface area contributed by atoms with E-state index in [1.165, 1.54) is 18.2 Å². The van der Waals surface area contributed by atoms with E-state index in [-0.39, 0.29) is 5.75 Å². The summed E-state index contributed by atoms with van der Waals surface area (Å²) >= 11 is 0. The van der Waals surface area contributed by atoms with E-state index in [0.717, 1.165) is 5.56 Å². The number of carbonyl (C=O) groups excluding carboxylic acids is 1. The summed E-state index contributed by atoms with van der Waals surface area (Å²) in [5.74, 6) is 0.120. The molecule has 1 heterocycles. The molecular formula is C16H16F3N3O2. The fourth-order valence-corrected chi connectivity index (χ4v) is 1.91. The molecule has 0 bridgehead atoms. The summed E-state index contributed by atoms with van der Waals surface area (Å²) in [5, 5.41) is 5.28. The molecule has 128 valence electrons. The van der Waals surface area contributed by atoms with Gasteiger partial charge in [0, 0.05) is 24.6 Å². The molecular weight excluding hydrogens is 323 g/mol. The predicted octanol–water partition coefficient (Wildman–Crippen LogP) is 3.65. The van der Waals surface area contributed by atoms with E-state index in [0.29, 0.717) is 17.8 Å². The van der Waals surface area contributed by atoms with Crippen molar-refractivity contribution in [3.05, 3.63) is 53.9 Å². The van der Waals surface area contributed by atoms with E-state index < -0.39 is 18.8 Å². The van der Waals surface area contributed by atoms with Gasteiger partial charge in [0.1, 0.15) is 5.75 Å². The topological polar surface area (TPSA) is 63.2 Å². The van der Waals surface area contributed by atoms with Crippen LogP contribution < -0.4 is 15.4 Å². The number of anilines is 1. The van der Waals surface area contributed by atoms with Gasteiger partial charge in [-0.25, -0.2) is 4.79 Å². The molecule has 0 aliphatic heterocycles. The second kappa shape index (κ2) is 7.67. The summed E-state index contributed by atoms with van der Waals surface area (Å²) in [4.78, 5) is 15.7. The Morgan fingerprint density at radius 1 is 1.21 bits per heavy atom. The number of amides is 2. The Hall–Kier alpha value is -2.77. The number of ether oxygens (including phenoxy) is 1. The highest BCUT2D eigenvalue weighted by Gasteiger charge is 2.28. The Morgan fingerprint density at radius 3 is 2.54 bits per heavy atom. The van der Waals surface area contributed by atoms with Crippen LogP contribution in [0.5, 0.6) is 5.75 Å². The monoisotopic (exact) mass is 339 g/mol. The zero-order chi connectivity index (χ0) is 17.6. The molecule has 8 heteroatoms. The summed E-state index contributed by atoms with van der Waals surface area (Å²) in [6.07, 6.45) is -1.15. The Kier molecular flexibility index (Phi) is 5.62. The van der Waals surface area contributed by atoms with Gasteiger partial charge in [0.2, 0.25) is 0 Å².